The summed E-state index contributed by atoms with van der Waals surface area (Å²) in [5.41, 5.74) is 0. The highest BCUT2D eigenvalue weighted by Crippen LogP contribution is 2.38. The summed E-state index contributed by atoms with van der Waals surface area (Å²) in [6.45, 7) is 2.18. The Morgan fingerprint density at radius 1 is 0.585 bits per heavy atom. The van der Waals surface area contributed by atoms with Crippen molar-refractivity contribution in [2.45, 2.75) is 330 Å². The van der Waals surface area contributed by atoms with Crippen molar-refractivity contribution in [3.05, 3.63) is 0 Å². The second kappa shape index (κ2) is 41.8. The van der Waals surface area contributed by atoms with Crippen molar-refractivity contribution in [2.75, 3.05) is 26.4 Å². The number of nitrogens with one attached hydrogen (secondary N) is 2. The molecule has 2 amide bonds. The van der Waals surface area contributed by atoms with Gasteiger partial charge >= 0.3 is 5.97 Å². The van der Waals surface area contributed by atoms with Gasteiger partial charge in [0.05, 0.1) is 50.7 Å². The average Bonchev–Trinajstić information content (AvgIpc) is 3.66. The highest BCUT2D eigenvalue weighted by molar-refractivity contribution is 5.77. The molecule has 0 bridgehead atoms. The van der Waals surface area contributed by atoms with Gasteiger partial charge in [-0.2, -0.15) is 0 Å². The molecule has 0 spiro atoms. The average molecular weight is 1180 g/mol. The molecule has 482 valence electrons. The molecule has 3 aliphatic heterocycles. The second-order valence-electron chi connectivity index (χ2n) is 23.3. The Kier molecular flexibility index (Phi) is 37.7. The molecule has 18 unspecified atom stereocenters. The van der Waals surface area contributed by atoms with Crippen LogP contribution in [-0.4, -0.2) is 215 Å². The van der Waals surface area contributed by atoms with E-state index in [1.54, 1.807) is 0 Å². The first-order chi connectivity index (χ1) is 39.4. The number of ether oxygens (including phenoxy) is 6. The van der Waals surface area contributed by atoms with Crippen LogP contribution in [0.3, 0.4) is 0 Å². The Morgan fingerprint density at radius 3 is 1.52 bits per heavy atom. The smallest absolute Gasteiger partial charge is 0.364 e. The van der Waals surface area contributed by atoms with E-state index in [1.165, 1.54) is 116 Å². The van der Waals surface area contributed by atoms with E-state index in [2.05, 4.69) is 24.5 Å². The van der Waals surface area contributed by atoms with E-state index in [9.17, 15) is 75.7 Å². The molecule has 0 aromatic rings. The first-order valence-electron chi connectivity index (χ1n) is 31.4. The van der Waals surface area contributed by atoms with Gasteiger partial charge in [-0.1, -0.05) is 187 Å². The summed E-state index contributed by atoms with van der Waals surface area (Å²) in [5, 5.41) is 136. The summed E-state index contributed by atoms with van der Waals surface area (Å²) in [6, 6.07) is -2.52. The highest BCUT2D eigenvalue weighted by Gasteiger charge is 2.60. The van der Waals surface area contributed by atoms with Crippen LogP contribution in [0.1, 0.15) is 220 Å². The SMILES string of the molecule is CCCCCCCCCCCCCCCCCC(O)C(COC1OC(CO)C(OC2OC(CO)C(O)C(OC3(C(=O)O)CC(O)C(NC(C)=O)C(C(O)C(O)CO)O3)C2O)C(O)C1O)NC(=O)CCCCCCCCCCCCCCC. The first kappa shape index (κ1) is 74.0. The van der Waals surface area contributed by atoms with Gasteiger partial charge in [0.15, 0.2) is 12.6 Å². The van der Waals surface area contributed by atoms with Crippen LogP contribution in [0, 0.1) is 0 Å². The number of hydrogen-bond donors (Lipinski definition) is 14. The second-order valence-corrected chi connectivity index (χ2v) is 23.3. The van der Waals surface area contributed by atoms with Crippen LogP contribution in [0.15, 0.2) is 0 Å². The van der Waals surface area contributed by atoms with Crippen LogP contribution < -0.4 is 10.6 Å². The number of carbonyl (C=O) groups is 3. The van der Waals surface area contributed by atoms with Crippen molar-refractivity contribution in [3.63, 3.8) is 0 Å². The first-order valence-corrected chi connectivity index (χ1v) is 31.4. The molecule has 0 radical (unpaired) electrons. The number of carboxylic acid groups (broad SMARTS) is 1. The molecule has 23 heteroatoms. The summed E-state index contributed by atoms with van der Waals surface area (Å²) < 4.78 is 34.7. The van der Waals surface area contributed by atoms with E-state index in [0.717, 1.165) is 58.3 Å². The van der Waals surface area contributed by atoms with Crippen LogP contribution in [-0.2, 0) is 42.8 Å². The fraction of sp³-hybridized carbons (Fsp3) is 0.949. The number of carboxylic acids is 1. The third kappa shape index (κ3) is 25.6. The van der Waals surface area contributed by atoms with Crippen molar-refractivity contribution in [2.24, 2.45) is 0 Å². The van der Waals surface area contributed by atoms with Gasteiger partial charge in [-0.15, -0.1) is 0 Å². The number of rotatable bonds is 46. The Labute approximate surface area is 487 Å². The summed E-state index contributed by atoms with van der Waals surface area (Å²) in [5.74, 6) is -6.10. The molecule has 18 atom stereocenters. The standard InChI is InChI=1S/C59H110N2O21/c1-4-6-8-10-12-14-16-18-19-21-22-24-26-28-30-32-41(66)40(61-46(69)33-31-29-27-25-23-20-17-15-13-11-9-7-5-2)38-77-56-51(73)50(72)53(45(37-64)79-56)80-57-52(74)55(49(71)44(36-63)78-57)82-59(58(75)76)34-42(67)47(60-39(3)65)54(81-59)48(70)43(68)35-62/h40-45,47-57,62-64,66-68,70-74H,4-38H2,1-3H3,(H,60,65)(H,61,69)(H,75,76). The van der Waals surface area contributed by atoms with E-state index in [1.807, 2.05) is 0 Å². The Bertz CT molecular complexity index is 1690. The van der Waals surface area contributed by atoms with Crippen LogP contribution in [0.4, 0.5) is 0 Å². The Balaban J connectivity index is 1.65. The molecule has 3 aliphatic rings. The number of unbranched alkanes of at least 4 members (excludes halogenated alkanes) is 26. The molecule has 0 aromatic carbocycles. The predicted octanol–water partition coefficient (Wildman–Crippen LogP) is 3.39. The summed E-state index contributed by atoms with van der Waals surface area (Å²) in [4.78, 5) is 38.4. The third-order valence-electron chi connectivity index (χ3n) is 16.3. The van der Waals surface area contributed by atoms with Crippen LogP contribution in [0.5, 0.6) is 0 Å². The third-order valence-corrected chi connectivity index (χ3v) is 16.3. The molecule has 3 fully saturated rings. The lowest BCUT2D eigenvalue weighted by atomic mass is 9.88. The number of amides is 2. The van der Waals surface area contributed by atoms with E-state index >= 15 is 0 Å². The molecule has 0 aromatic heterocycles. The van der Waals surface area contributed by atoms with Gasteiger partial charge in [0.25, 0.3) is 5.79 Å². The molecular weight excluding hydrogens is 1070 g/mol. The predicted molar refractivity (Wildman–Crippen MR) is 302 cm³/mol. The maximum Gasteiger partial charge on any atom is 0.364 e. The lowest BCUT2D eigenvalue weighted by Crippen LogP contribution is -2.70. The monoisotopic (exact) mass is 1180 g/mol. The van der Waals surface area contributed by atoms with Gasteiger partial charge in [0, 0.05) is 19.8 Å². The number of hydrogen-bond acceptors (Lipinski definition) is 20. The summed E-state index contributed by atoms with van der Waals surface area (Å²) >= 11 is 0. The van der Waals surface area contributed by atoms with Crippen molar-refractivity contribution in [3.8, 4) is 0 Å². The molecule has 0 aliphatic carbocycles. The molecule has 3 saturated heterocycles. The van der Waals surface area contributed by atoms with Crippen LogP contribution in [0.25, 0.3) is 0 Å². The zero-order chi connectivity index (χ0) is 60.5. The fourth-order valence-corrected chi connectivity index (χ4v) is 11.2. The van der Waals surface area contributed by atoms with Crippen molar-refractivity contribution in [1.29, 1.82) is 0 Å². The maximum absolute atomic E-state index is 13.4. The van der Waals surface area contributed by atoms with Crippen LogP contribution >= 0.6 is 0 Å². The maximum atomic E-state index is 13.4. The number of aliphatic hydroxyl groups is 11. The van der Waals surface area contributed by atoms with E-state index in [0.29, 0.717) is 19.3 Å². The minimum Gasteiger partial charge on any atom is -0.477 e. The van der Waals surface area contributed by atoms with Crippen molar-refractivity contribution in [1.82, 2.24) is 10.6 Å². The molecule has 82 heavy (non-hydrogen) atoms. The largest absolute Gasteiger partial charge is 0.477 e. The van der Waals surface area contributed by atoms with Gasteiger partial charge in [0.1, 0.15) is 67.1 Å². The lowest BCUT2D eigenvalue weighted by Gasteiger charge is -2.50. The molecular formula is C59H110N2O21. The Hall–Kier alpha value is -2.27. The highest BCUT2D eigenvalue weighted by atomic mass is 16.8. The molecule has 3 rings (SSSR count). The summed E-state index contributed by atoms with van der Waals surface area (Å²) in [6.07, 6.45) is 4.08. The van der Waals surface area contributed by atoms with Gasteiger partial charge in [-0.25, -0.2) is 4.79 Å². The van der Waals surface area contributed by atoms with Gasteiger partial charge in [0.2, 0.25) is 11.8 Å². The van der Waals surface area contributed by atoms with Gasteiger partial charge in [-0.3, -0.25) is 9.59 Å². The van der Waals surface area contributed by atoms with Crippen molar-refractivity contribution >= 4 is 17.8 Å². The van der Waals surface area contributed by atoms with E-state index < -0.39 is 148 Å². The Morgan fingerprint density at radius 2 is 1.06 bits per heavy atom. The fourth-order valence-electron chi connectivity index (χ4n) is 11.2. The number of aliphatic hydroxyl groups excluding tert-OH is 11. The van der Waals surface area contributed by atoms with Gasteiger partial charge in [-0.05, 0) is 12.8 Å². The topological polar surface area (TPSA) is 373 Å². The van der Waals surface area contributed by atoms with E-state index in [4.69, 9.17) is 28.4 Å². The number of carbonyl (C=O) groups excluding carboxylic acids is 2. The molecule has 23 nitrogen and oxygen atoms in total. The number of aliphatic carboxylic acids is 1. The van der Waals surface area contributed by atoms with E-state index in [-0.39, 0.29) is 18.9 Å². The zero-order valence-corrected chi connectivity index (χ0v) is 49.6. The molecule has 14 N–H and O–H groups in total. The van der Waals surface area contributed by atoms with Gasteiger partial charge < -0.3 is 100 Å². The lowest BCUT2D eigenvalue weighted by molar-refractivity contribution is -0.386. The molecule has 3 heterocycles. The zero-order valence-electron chi connectivity index (χ0n) is 49.6. The summed E-state index contributed by atoms with van der Waals surface area (Å²) in [7, 11) is 0. The quantitative estimate of drug-likeness (QED) is 0.0388. The van der Waals surface area contributed by atoms with Crippen molar-refractivity contribution < 1.29 is 104 Å². The molecule has 0 saturated carbocycles. The minimum absolute atomic E-state index is 0.228. The normalized spacial score (nSPS) is 30.1. The van der Waals surface area contributed by atoms with Crippen LogP contribution in [0.2, 0.25) is 0 Å². The minimum atomic E-state index is -3.07.